The third-order valence-electron chi connectivity index (χ3n) is 3.44. The van der Waals surface area contributed by atoms with E-state index in [0.29, 0.717) is 12.0 Å². The maximum absolute atomic E-state index is 11.7. The Kier molecular flexibility index (Phi) is 5.79. The van der Waals surface area contributed by atoms with Gasteiger partial charge in [-0.05, 0) is 49.6 Å². The maximum atomic E-state index is 11.7. The molecule has 2 rings (SSSR count). The van der Waals surface area contributed by atoms with E-state index in [0.717, 1.165) is 16.7 Å². The molecule has 0 spiro atoms. The summed E-state index contributed by atoms with van der Waals surface area (Å²) in [6.07, 6.45) is -0.551. The average Bonchev–Trinajstić information content (AvgIpc) is 2.53. The second kappa shape index (κ2) is 7.82. The van der Waals surface area contributed by atoms with E-state index in [1.54, 1.807) is 26.8 Å². The number of nitrogens with one attached hydrogen (secondary N) is 1. The number of carbonyl (C=O) groups excluding carboxylic acids is 1. The summed E-state index contributed by atoms with van der Waals surface area (Å²) < 4.78 is 5.19. The van der Waals surface area contributed by atoms with E-state index in [2.05, 4.69) is 11.4 Å². The van der Waals surface area contributed by atoms with Gasteiger partial charge in [0.1, 0.15) is 5.60 Å². The quantitative estimate of drug-likeness (QED) is 0.835. The number of hydrogen-bond acceptors (Lipinski definition) is 4. The molecule has 5 nitrogen and oxygen atoms in total. The minimum absolute atomic E-state index is 0.498. The minimum Gasteiger partial charge on any atom is -0.444 e. The SMILES string of the molecule is CC(C)(C)OC(=O)N[C@H](N)Cc1ccc(-c2cccc(C#N)c2)cc1. The molecule has 3 N–H and O–H groups in total. The Bertz CT molecular complexity index is 771. The Morgan fingerprint density at radius 3 is 2.48 bits per heavy atom. The fourth-order valence-corrected chi connectivity index (χ4v) is 2.37. The van der Waals surface area contributed by atoms with Crippen molar-refractivity contribution in [1.29, 1.82) is 5.26 Å². The summed E-state index contributed by atoms with van der Waals surface area (Å²) in [5.74, 6) is 0. The number of benzene rings is 2. The fourth-order valence-electron chi connectivity index (χ4n) is 2.37. The van der Waals surface area contributed by atoms with Crippen LogP contribution in [0.2, 0.25) is 0 Å². The standard InChI is InChI=1S/C20H23N3O2/c1-20(2,3)25-19(24)23-18(22)12-14-7-9-16(10-8-14)17-6-4-5-15(11-17)13-21/h4-11,18H,12,22H2,1-3H3,(H,23,24)/t18-/m0/s1. The maximum Gasteiger partial charge on any atom is 0.408 e. The molecule has 0 saturated heterocycles. The van der Waals surface area contributed by atoms with Crippen LogP contribution in [-0.2, 0) is 11.2 Å². The number of ether oxygens (including phenoxy) is 1. The van der Waals surface area contributed by atoms with E-state index in [-0.39, 0.29) is 0 Å². The van der Waals surface area contributed by atoms with Crippen molar-refractivity contribution in [3.63, 3.8) is 0 Å². The molecule has 1 amide bonds. The highest BCUT2D eigenvalue weighted by Gasteiger charge is 2.17. The minimum atomic E-state index is -0.552. The first-order valence-electron chi connectivity index (χ1n) is 8.11. The fraction of sp³-hybridized carbons (Fsp3) is 0.300. The summed E-state index contributed by atoms with van der Waals surface area (Å²) in [4.78, 5) is 11.7. The van der Waals surface area contributed by atoms with Crippen molar-refractivity contribution in [2.75, 3.05) is 0 Å². The van der Waals surface area contributed by atoms with Crippen molar-refractivity contribution in [1.82, 2.24) is 5.32 Å². The highest BCUT2D eigenvalue weighted by molar-refractivity contribution is 5.68. The number of nitrogens with two attached hydrogens (primary N) is 1. The van der Waals surface area contributed by atoms with Gasteiger partial charge in [0.05, 0.1) is 17.8 Å². The second-order valence-corrected chi connectivity index (χ2v) is 6.85. The molecule has 1 atom stereocenters. The lowest BCUT2D eigenvalue weighted by molar-refractivity contribution is 0.0506. The first kappa shape index (κ1) is 18.5. The molecule has 0 heterocycles. The zero-order chi connectivity index (χ0) is 18.4. The van der Waals surface area contributed by atoms with E-state index >= 15 is 0 Å². The molecule has 0 radical (unpaired) electrons. The summed E-state index contributed by atoms with van der Waals surface area (Å²) >= 11 is 0. The van der Waals surface area contributed by atoms with Gasteiger partial charge in [-0.25, -0.2) is 4.79 Å². The summed E-state index contributed by atoms with van der Waals surface area (Å²) in [5.41, 5.74) is 9.06. The van der Waals surface area contributed by atoms with E-state index in [4.69, 9.17) is 15.7 Å². The van der Waals surface area contributed by atoms with Crippen molar-refractivity contribution in [3.8, 4) is 17.2 Å². The van der Waals surface area contributed by atoms with Gasteiger partial charge in [-0.1, -0.05) is 36.4 Å². The molecule has 0 bridgehead atoms. The molecule has 130 valence electrons. The molecule has 0 aliphatic rings. The Morgan fingerprint density at radius 2 is 1.88 bits per heavy atom. The molecular formula is C20H23N3O2. The Morgan fingerprint density at radius 1 is 1.20 bits per heavy atom. The Balaban J connectivity index is 1.98. The zero-order valence-electron chi connectivity index (χ0n) is 14.7. The number of nitriles is 1. The van der Waals surface area contributed by atoms with Crippen LogP contribution in [0.25, 0.3) is 11.1 Å². The molecule has 0 aliphatic carbocycles. The van der Waals surface area contributed by atoms with Crippen LogP contribution < -0.4 is 11.1 Å². The number of hydrogen-bond donors (Lipinski definition) is 2. The van der Waals surface area contributed by atoms with Crippen LogP contribution in [0.4, 0.5) is 4.79 Å². The third-order valence-corrected chi connectivity index (χ3v) is 3.44. The van der Waals surface area contributed by atoms with E-state index in [9.17, 15) is 4.79 Å². The van der Waals surface area contributed by atoms with Gasteiger partial charge in [-0.2, -0.15) is 5.26 Å². The molecule has 2 aromatic rings. The van der Waals surface area contributed by atoms with Gasteiger partial charge in [0.2, 0.25) is 0 Å². The van der Waals surface area contributed by atoms with Crippen LogP contribution in [0.1, 0.15) is 31.9 Å². The molecule has 5 heteroatoms. The second-order valence-electron chi connectivity index (χ2n) is 6.85. The van der Waals surface area contributed by atoms with Crippen LogP contribution in [0.3, 0.4) is 0 Å². The normalized spacial score (nSPS) is 12.1. The van der Waals surface area contributed by atoms with Gasteiger partial charge < -0.3 is 15.8 Å². The first-order valence-corrected chi connectivity index (χ1v) is 8.11. The van der Waals surface area contributed by atoms with E-state index < -0.39 is 17.9 Å². The number of nitrogens with zero attached hydrogens (tertiary/aromatic N) is 1. The van der Waals surface area contributed by atoms with Gasteiger partial charge >= 0.3 is 6.09 Å². The zero-order valence-corrected chi connectivity index (χ0v) is 14.7. The number of amides is 1. The summed E-state index contributed by atoms with van der Waals surface area (Å²) in [5, 5.41) is 11.6. The molecule has 0 aromatic heterocycles. The summed E-state index contributed by atoms with van der Waals surface area (Å²) in [6, 6.07) is 17.5. The number of rotatable bonds is 4. The topological polar surface area (TPSA) is 88.1 Å². The van der Waals surface area contributed by atoms with Gasteiger partial charge in [-0.3, -0.25) is 0 Å². The van der Waals surface area contributed by atoms with Crippen molar-refractivity contribution in [2.45, 2.75) is 39.0 Å². The van der Waals surface area contributed by atoms with Crippen LogP contribution in [0.15, 0.2) is 48.5 Å². The largest absolute Gasteiger partial charge is 0.444 e. The van der Waals surface area contributed by atoms with Gasteiger partial charge in [0.25, 0.3) is 0 Å². The van der Waals surface area contributed by atoms with E-state index in [1.807, 2.05) is 42.5 Å². The number of alkyl carbamates (subject to hydrolysis) is 1. The predicted molar refractivity (Wildman–Crippen MR) is 97.6 cm³/mol. The first-order chi connectivity index (χ1) is 11.8. The van der Waals surface area contributed by atoms with Crippen molar-refractivity contribution in [2.24, 2.45) is 5.73 Å². The molecule has 25 heavy (non-hydrogen) atoms. The summed E-state index contributed by atoms with van der Waals surface area (Å²) in [7, 11) is 0. The Hall–Kier alpha value is -2.84. The van der Waals surface area contributed by atoms with Crippen LogP contribution in [-0.4, -0.2) is 17.9 Å². The van der Waals surface area contributed by atoms with Gasteiger partial charge in [-0.15, -0.1) is 0 Å². The molecule has 2 aromatic carbocycles. The summed E-state index contributed by atoms with van der Waals surface area (Å²) in [6.45, 7) is 5.41. The highest BCUT2D eigenvalue weighted by Crippen LogP contribution is 2.21. The van der Waals surface area contributed by atoms with Crippen molar-refractivity contribution < 1.29 is 9.53 Å². The van der Waals surface area contributed by atoms with Crippen LogP contribution in [0.5, 0.6) is 0 Å². The lowest BCUT2D eigenvalue weighted by Gasteiger charge is -2.22. The third kappa shape index (κ3) is 5.94. The van der Waals surface area contributed by atoms with Crippen LogP contribution in [0, 0.1) is 11.3 Å². The smallest absolute Gasteiger partial charge is 0.408 e. The monoisotopic (exact) mass is 337 g/mol. The lowest BCUT2D eigenvalue weighted by Crippen LogP contribution is -2.45. The molecule has 0 aliphatic heterocycles. The number of carbonyl (C=O) groups is 1. The van der Waals surface area contributed by atoms with Crippen molar-refractivity contribution in [3.05, 3.63) is 59.7 Å². The van der Waals surface area contributed by atoms with Crippen LogP contribution >= 0.6 is 0 Å². The molecule has 0 fully saturated rings. The predicted octanol–water partition coefficient (Wildman–Crippen LogP) is 3.58. The average molecular weight is 337 g/mol. The van der Waals surface area contributed by atoms with Gasteiger partial charge in [0, 0.05) is 6.42 Å². The lowest BCUT2D eigenvalue weighted by atomic mass is 10.0. The molecular weight excluding hydrogens is 314 g/mol. The van der Waals surface area contributed by atoms with Gasteiger partial charge in [0.15, 0.2) is 0 Å². The van der Waals surface area contributed by atoms with Crippen molar-refractivity contribution >= 4 is 6.09 Å². The highest BCUT2D eigenvalue weighted by atomic mass is 16.6. The molecule has 0 unspecified atom stereocenters. The Labute approximate surface area is 148 Å². The van der Waals surface area contributed by atoms with E-state index in [1.165, 1.54) is 0 Å². The molecule has 0 saturated carbocycles.